The normalized spacial score (nSPS) is 18.1. The van der Waals surface area contributed by atoms with E-state index in [1.54, 1.807) is 12.1 Å². The fourth-order valence-electron chi connectivity index (χ4n) is 2.54. The predicted octanol–water partition coefficient (Wildman–Crippen LogP) is 2.01. The summed E-state index contributed by atoms with van der Waals surface area (Å²) in [5.41, 5.74) is 1.28. The van der Waals surface area contributed by atoms with Crippen molar-refractivity contribution < 1.29 is 5.11 Å². The second-order valence-corrected chi connectivity index (χ2v) is 5.08. The molecule has 3 heteroatoms. The fraction of sp³-hybridized carbons (Fsp3) is 0.600. The summed E-state index contributed by atoms with van der Waals surface area (Å²) >= 11 is 0. The Bertz CT molecular complexity index is 342. The van der Waals surface area contributed by atoms with E-state index >= 15 is 0 Å². The number of piperidine rings is 1. The van der Waals surface area contributed by atoms with Gasteiger partial charge in [0.1, 0.15) is 5.75 Å². The summed E-state index contributed by atoms with van der Waals surface area (Å²) < 4.78 is 0. The smallest absolute Gasteiger partial charge is 0.115 e. The first-order valence-corrected chi connectivity index (χ1v) is 7.01. The molecule has 0 spiro atoms. The van der Waals surface area contributed by atoms with Crippen LogP contribution in [0.1, 0.15) is 25.3 Å². The van der Waals surface area contributed by atoms with Gasteiger partial charge < -0.3 is 15.3 Å². The van der Waals surface area contributed by atoms with Gasteiger partial charge in [0.15, 0.2) is 0 Å². The second kappa shape index (κ2) is 6.76. The molecule has 1 heterocycles. The maximum Gasteiger partial charge on any atom is 0.115 e. The van der Waals surface area contributed by atoms with Crippen molar-refractivity contribution in [3.05, 3.63) is 29.8 Å². The van der Waals surface area contributed by atoms with E-state index in [4.69, 9.17) is 0 Å². The van der Waals surface area contributed by atoms with Crippen LogP contribution < -0.4 is 5.32 Å². The van der Waals surface area contributed by atoms with Crippen LogP contribution in [0.25, 0.3) is 0 Å². The largest absolute Gasteiger partial charge is 0.508 e. The predicted molar refractivity (Wildman–Crippen MR) is 74.9 cm³/mol. The third kappa shape index (κ3) is 4.00. The maximum absolute atomic E-state index is 9.21. The maximum atomic E-state index is 9.21. The molecule has 1 aromatic rings. The Balaban J connectivity index is 1.65. The molecule has 1 saturated heterocycles. The van der Waals surface area contributed by atoms with Gasteiger partial charge in [-0.1, -0.05) is 19.1 Å². The Morgan fingerprint density at radius 2 is 1.89 bits per heavy atom. The molecule has 0 saturated carbocycles. The highest BCUT2D eigenvalue weighted by molar-refractivity contribution is 5.25. The van der Waals surface area contributed by atoms with Crippen molar-refractivity contribution in [3.63, 3.8) is 0 Å². The van der Waals surface area contributed by atoms with Gasteiger partial charge in [-0.05, 0) is 63.1 Å². The number of likely N-dealkylation sites (tertiary alicyclic amines) is 1. The molecule has 0 unspecified atom stereocenters. The van der Waals surface area contributed by atoms with Crippen molar-refractivity contribution in [2.75, 3.05) is 26.2 Å². The molecule has 0 amide bonds. The van der Waals surface area contributed by atoms with E-state index < -0.39 is 0 Å². The summed E-state index contributed by atoms with van der Waals surface area (Å²) in [6.45, 7) is 6.90. The van der Waals surface area contributed by atoms with Crippen LogP contribution in [0, 0.1) is 0 Å². The fourth-order valence-corrected chi connectivity index (χ4v) is 2.54. The van der Waals surface area contributed by atoms with E-state index in [1.807, 2.05) is 12.1 Å². The molecule has 18 heavy (non-hydrogen) atoms. The molecule has 1 aliphatic rings. The highest BCUT2D eigenvalue weighted by Gasteiger charge is 2.16. The molecule has 0 aromatic heterocycles. The van der Waals surface area contributed by atoms with E-state index in [2.05, 4.69) is 17.1 Å². The van der Waals surface area contributed by atoms with Crippen molar-refractivity contribution in [1.29, 1.82) is 0 Å². The van der Waals surface area contributed by atoms with Gasteiger partial charge >= 0.3 is 0 Å². The van der Waals surface area contributed by atoms with Crippen LogP contribution in [0.3, 0.4) is 0 Å². The molecule has 2 rings (SSSR count). The number of aromatic hydroxyl groups is 1. The third-order valence-corrected chi connectivity index (χ3v) is 3.82. The number of hydrogen-bond donors (Lipinski definition) is 2. The summed E-state index contributed by atoms with van der Waals surface area (Å²) in [7, 11) is 0. The highest BCUT2D eigenvalue weighted by atomic mass is 16.3. The number of phenolic OH excluding ortho intramolecular Hbond substituents is 1. The van der Waals surface area contributed by atoms with Crippen LogP contribution in [0.15, 0.2) is 24.3 Å². The van der Waals surface area contributed by atoms with Gasteiger partial charge in [-0.25, -0.2) is 0 Å². The minimum Gasteiger partial charge on any atom is -0.508 e. The second-order valence-electron chi connectivity index (χ2n) is 5.08. The van der Waals surface area contributed by atoms with E-state index in [0.29, 0.717) is 11.8 Å². The molecule has 3 nitrogen and oxygen atoms in total. The van der Waals surface area contributed by atoms with Gasteiger partial charge in [-0.3, -0.25) is 0 Å². The molecular weight excluding hydrogens is 224 g/mol. The lowest BCUT2D eigenvalue weighted by molar-refractivity contribution is 0.207. The van der Waals surface area contributed by atoms with Crippen molar-refractivity contribution >= 4 is 0 Å². The molecule has 100 valence electrons. The summed E-state index contributed by atoms with van der Waals surface area (Å²) in [6, 6.07) is 8.20. The number of nitrogens with zero attached hydrogens (tertiary/aromatic N) is 1. The van der Waals surface area contributed by atoms with Crippen LogP contribution >= 0.6 is 0 Å². The number of nitrogens with one attached hydrogen (secondary N) is 1. The first kappa shape index (κ1) is 13.4. The Morgan fingerprint density at radius 1 is 1.22 bits per heavy atom. The number of rotatable bonds is 5. The van der Waals surface area contributed by atoms with Crippen LogP contribution in [0.4, 0.5) is 0 Å². The zero-order valence-corrected chi connectivity index (χ0v) is 11.2. The Hall–Kier alpha value is -1.06. The molecule has 0 radical (unpaired) electrons. The van der Waals surface area contributed by atoms with Crippen LogP contribution in [-0.4, -0.2) is 42.2 Å². The molecule has 0 aliphatic carbocycles. The summed E-state index contributed by atoms with van der Waals surface area (Å²) in [5, 5.41) is 12.9. The minimum atomic E-state index is 0.346. The highest BCUT2D eigenvalue weighted by Crippen LogP contribution is 2.11. The molecular formula is C15H24N2O. The van der Waals surface area contributed by atoms with Crippen LogP contribution in [0.2, 0.25) is 0 Å². The first-order valence-electron chi connectivity index (χ1n) is 7.01. The van der Waals surface area contributed by atoms with E-state index in [1.165, 1.54) is 38.0 Å². The lowest BCUT2D eigenvalue weighted by Gasteiger charge is -2.31. The SMILES string of the molecule is CCN1CCC(NCCc2ccc(O)cc2)CC1. The Morgan fingerprint density at radius 3 is 2.50 bits per heavy atom. The molecule has 1 aliphatic heterocycles. The number of phenols is 1. The molecule has 1 fully saturated rings. The van der Waals surface area contributed by atoms with Gasteiger partial charge in [0.25, 0.3) is 0 Å². The average Bonchev–Trinajstić information content (AvgIpc) is 2.42. The lowest BCUT2D eigenvalue weighted by atomic mass is 10.0. The van der Waals surface area contributed by atoms with Crippen LogP contribution in [-0.2, 0) is 6.42 Å². The van der Waals surface area contributed by atoms with Gasteiger partial charge in [0.05, 0.1) is 0 Å². The van der Waals surface area contributed by atoms with E-state index in [0.717, 1.165) is 13.0 Å². The number of hydrogen-bond acceptors (Lipinski definition) is 3. The molecule has 0 bridgehead atoms. The Labute approximate surface area is 110 Å². The zero-order chi connectivity index (χ0) is 12.8. The lowest BCUT2D eigenvalue weighted by Crippen LogP contribution is -2.42. The summed E-state index contributed by atoms with van der Waals surface area (Å²) in [6.07, 6.45) is 3.57. The van der Waals surface area contributed by atoms with Crippen molar-refractivity contribution in [1.82, 2.24) is 10.2 Å². The summed E-state index contributed by atoms with van der Waals surface area (Å²) in [4.78, 5) is 2.51. The minimum absolute atomic E-state index is 0.346. The average molecular weight is 248 g/mol. The van der Waals surface area contributed by atoms with Gasteiger partial charge in [0.2, 0.25) is 0 Å². The molecule has 0 atom stereocenters. The topological polar surface area (TPSA) is 35.5 Å². The standard InChI is InChI=1S/C15H24N2O/c1-2-17-11-8-14(9-12-17)16-10-7-13-3-5-15(18)6-4-13/h3-6,14,16,18H,2,7-12H2,1H3. The van der Waals surface area contributed by atoms with Gasteiger partial charge in [-0.2, -0.15) is 0 Å². The monoisotopic (exact) mass is 248 g/mol. The first-order chi connectivity index (χ1) is 8.78. The summed E-state index contributed by atoms with van der Waals surface area (Å²) in [5.74, 6) is 0.346. The van der Waals surface area contributed by atoms with Gasteiger partial charge in [-0.15, -0.1) is 0 Å². The zero-order valence-electron chi connectivity index (χ0n) is 11.2. The number of benzene rings is 1. The van der Waals surface area contributed by atoms with Crippen molar-refractivity contribution in [2.45, 2.75) is 32.2 Å². The third-order valence-electron chi connectivity index (χ3n) is 3.82. The quantitative estimate of drug-likeness (QED) is 0.836. The van der Waals surface area contributed by atoms with Crippen molar-refractivity contribution in [3.8, 4) is 5.75 Å². The Kier molecular flexibility index (Phi) is 5.02. The van der Waals surface area contributed by atoms with E-state index in [9.17, 15) is 5.11 Å². The molecule has 2 N–H and O–H groups in total. The molecule has 1 aromatic carbocycles. The van der Waals surface area contributed by atoms with Crippen molar-refractivity contribution in [2.24, 2.45) is 0 Å². The van der Waals surface area contributed by atoms with Crippen LogP contribution in [0.5, 0.6) is 5.75 Å². The van der Waals surface area contributed by atoms with E-state index in [-0.39, 0.29) is 0 Å². The van der Waals surface area contributed by atoms with Gasteiger partial charge in [0, 0.05) is 6.04 Å².